The van der Waals surface area contributed by atoms with Crippen molar-refractivity contribution in [1.82, 2.24) is 10.2 Å². The van der Waals surface area contributed by atoms with Crippen LogP contribution in [0.25, 0.3) is 0 Å². The van der Waals surface area contributed by atoms with Crippen molar-refractivity contribution in [2.24, 2.45) is 0 Å². The summed E-state index contributed by atoms with van der Waals surface area (Å²) in [5, 5.41) is 11.6. The molecule has 19 heavy (non-hydrogen) atoms. The third-order valence-corrected chi connectivity index (χ3v) is 3.64. The lowest BCUT2D eigenvalue weighted by Crippen LogP contribution is -2.26. The molecule has 1 aromatic rings. The van der Waals surface area contributed by atoms with Crippen LogP contribution in [0.1, 0.15) is 26.5 Å². The fourth-order valence-electron chi connectivity index (χ4n) is 1.52. The van der Waals surface area contributed by atoms with Crippen LogP contribution in [0.5, 0.6) is 0 Å². The molecule has 1 rings (SSSR count). The molecule has 104 valence electrons. The number of aryl methyl sites for hydroxylation is 1. The molecule has 0 spiro atoms. The van der Waals surface area contributed by atoms with Crippen LogP contribution in [0.2, 0.25) is 0 Å². The van der Waals surface area contributed by atoms with E-state index in [0.29, 0.717) is 11.4 Å². The molecule has 0 radical (unpaired) electrons. The summed E-state index contributed by atoms with van der Waals surface area (Å²) >= 11 is 1.36. The van der Waals surface area contributed by atoms with Gasteiger partial charge < -0.3 is 15.3 Å². The van der Waals surface area contributed by atoms with Crippen molar-refractivity contribution in [2.45, 2.75) is 13.3 Å². The second-order valence-electron chi connectivity index (χ2n) is 4.50. The summed E-state index contributed by atoms with van der Waals surface area (Å²) in [7, 11) is 4.02. The van der Waals surface area contributed by atoms with Gasteiger partial charge in [0.1, 0.15) is 6.61 Å². The minimum Gasteiger partial charge on any atom is -0.384 e. The second kappa shape index (κ2) is 7.95. The highest BCUT2D eigenvalue weighted by atomic mass is 32.1. The van der Waals surface area contributed by atoms with Crippen LogP contribution >= 0.6 is 11.3 Å². The zero-order chi connectivity index (χ0) is 14.3. The maximum Gasteiger partial charge on any atom is 0.261 e. The summed E-state index contributed by atoms with van der Waals surface area (Å²) < 4.78 is 0. The SMILES string of the molecule is Cc1cc(C(=O)NCCCN(C)C)sc1C#CCO. The third-order valence-electron chi connectivity index (χ3n) is 2.49. The average Bonchev–Trinajstić information content (AvgIpc) is 2.73. The number of carbonyl (C=O) groups excluding carboxylic acids is 1. The van der Waals surface area contributed by atoms with Gasteiger partial charge in [0.25, 0.3) is 5.91 Å². The number of nitrogens with one attached hydrogen (secondary N) is 1. The highest BCUT2D eigenvalue weighted by molar-refractivity contribution is 7.14. The van der Waals surface area contributed by atoms with Crippen molar-refractivity contribution >= 4 is 17.2 Å². The number of hydrogen-bond acceptors (Lipinski definition) is 4. The van der Waals surface area contributed by atoms with E-state index in [-0.39, 0.29) is 12.5 Å². The summed E-state index contributed by atoms with van der Waals surface area (Å²) in [6.07, 6.45) is 0.931. The van der Waals surface area contributed by atoms with Gasteiger partial charge in [-0.2, -0.15) is 0 Å². The molecular weight excluding hydrogens is 260 g/mol. The molecule has 0 aliphatic heterocycles. The van der Waals surface area contributed by atoms with Crippen molar-refractivity contribution in [3.05, 3.63) is 21.4 Å². The highest BCUT2D eigenvalue weighted by Gasteiger charge is 2.10. The van der Waals surface area contributed by atoms with E-state index in [0.717, 1.165) is 23.4 Å². The molecule has 0 atom stereocenters. The fraction of sp³-hybridized carbons (Fsp3) is 0.500. The lowest BCUT2D eigenvalue weighted by atomic mass is 10.2. The Bertz CT molecular complexity index is 483. The topological polar surface area (TPSA) is 52.6 Å². The first kappa shape index (κ1) is 15.7. The Kier molecular flexibility index (Phi) is 6.57. The molecule has 0 aliphatic carbocycles. The van der Waals surface area contributed by atoms with Gasteiger partial charge in [0.05, 0.1) is 9.75 Å². The summed E-state index contributed by atoms with van der Waals surface area (Å²) in [4.78, 5) is 15.5. The first-order valence-corrected chi connectivity index (χ1v) is 6.99. The van der Waals surface area contributed by atoms with Crippen LogP contribution < -0.4 is 5.32 Å². The number of aliphatic hydroxyl groups excluding tert-OH is 1. The van der Waals surface area contributed by atoms with E-state index < -0.39 is 0 Å². The minimum absolute atomic E-state index is 0.0519. The number of aliphatic hydroxyl groups is 1. The minimum atomic E-state index is -0.163. The maximum absolute atomic E-state index is 11.9. The summed E-state index contributed by atoms with van der Waals surface area (Å²) in [5.41, 5.74) is 0.976. The Morgan fingerprint density at radius 2 is 2.26 bits per heavy atom. The summed E-state index contributed by atoms with van der Waals surface area (Å²) in [5.74, 6) is 5.40. The highest BCUT2D eigenvalue weighted by Crippen LogP contribution is 2.20. The van der Waals surface area contributed by atoms with Gasteiger partial charge in [-0.05, 0) is 45.6 Å². The van der Waals surface area contributed by atoms with Crippen molar-refractivity contribution in [3.63, 3.8) is 0 Å². The van der Waals surface area contributed by atoms with E-state index in [1.165, 1.54) is 11.3 Å². The van der Waals surface area contributed by atoms with Gasteiger partial charge in [-0.1, -0.05) is 11.8 Å². The molecule has 4 nitrogen and oxygen atoms in total. The van der Waals surface area contributed by atoms with Crippen LogP contribution in [0, 0.1) is 18.8 Å². The second-order valence-corrected chi connectivity index (χ2v) is 5.55. The molecule has 1 heterocycles. The molecule has 0 unspecified atom stereocenters. The molecular formula is C14H20N2O2S. The average molecular weight is 280 g/mol. The third kappa shape index (κ3) is 5.43. The molecule has 1 aromatic heterocycles. The number of carbonyl (C=O) groups is 1. The Hall–Kier alpha value is -1.35. The van der Waals surface area contributed by atoms with Gasteiger partial charge in [-0.25, -0.2) is 0 Å². The van der Waals surface area contributed by atoms with Gasteiger partial charge in [-0.3, -0.25) is 4.79 Å². The number of hydrogen-bond donors (Lipinski definition) is 2. The zero-order valence-electron chi connectivity index (χ0n) is 11.6. The molecule has 0 bridgehead atoms. The molecule has 0 fully saturated rings. The van der Waals surface area contributed by atoms with Gasteiger partial charge in [0.15, 0.2) is 0 Å². The number of nitrogens with zero attached hydrogens (tertiary/aromatic N) is 1. The number of amides is 1. The Labute approximate surface area is 118 Å². The number of thiophene rings is 1. The first-order chi connectivity index (χ1) is 9.04. The van der Waals surface area contributed by atoms with E-state index in [4.69, 9.17) is 5.11 Å². The summed E-state index contributed by atoms with van der Waals surface area (Å²) in [6, 6.07) is 1.84. The fourth-order valence-corrected chi connectivity index (χ4v) is 2.49. The molecule has 5 heteroatoms. The standard InChI is InChI=1S/C14H20N2O2S/c1-11-10-13(19-12(11)6-4-9-17)14(18)15-7-5-8-16(2)3/h10,17H,5,7-9H2,1-3H3,(H,15,18). The van der Waals surface area contributed by atoms with Crippen molar-refractivity contribution in [2.75, 3.05) is 33.8 Å². The van der Waals surface area contributed by atoms with Gasteiger partial charge >= 0.3 is 0 Å². The van der Waals surface area contributed by atoms with Crippen molar-refractivity contribution in [3.8, 4) is 11.8 Å². The van der Waals surface area contributed by atoms with Crippen LogP contribution in [-0.2, 0) is 0 Å². The predicted octanol–water partition coefficient (Wildman–Crippen LogP) is 1.08. The largest absolute Gasteiger partial charge is 0.384 e. The smallest absolute Gasteiger partial charge is 0.261 e. The molecule has 0 aromatic carbocycles. The van der Waals surface area contributed by atoms with Gasteiger partial charge in [-0.15, -0.1) is 11.3 Å². The van der Waals surface area contributed by atoms with Gasteiger partial charge in [0.2, 0.25) is 0 Å². The van der Waals surface area contributed by atoms with E-state index in [2.05, 4.69) is 22.1 Å². The normalized spacial score (nSPS) is 10.2. The molecule has 0 saturated carbocycles. The Balaban J connectivity index is 2.53. The van der Waals surface area contributed by atoms with E-state index >= 15 is 0 Å². The van der Waals surface area contributed by atoms with E-state index in [1.54, 1.807) is 0 Å². The Morgan fingerprint density at radius 3 is 2.89 bits per heavy atom. The molecule has 2 N–H and O–H groups in total. The predicted molar refractivity (Wildman–Crippen MR) is 78.5 cm³/mol. The monoisotopic (exact) mass is 280 g/mol. The van der Waals surface area contributed by atoms with Crippen LogP contribution in [0.15, 0.2) is 6.07 Å². The molecule has 1 amide bonds. The lowest BCUT2D eigenvalue weighted by Gasteiger charge is -2.09. The Morgan fingerprint density at radius 1 is 1.53 bits per heavy atom. The van der Waals surface area contributed by atoms with Crippen molar-refractivity contribution < 1.29 is 9.90 Å². The quantitative estimate of drug-likeness (QED) is 0.627. The van der Waals surface area contributed by atoms with Crippen molar-refractivity contribution in [1.29, 1.82) is 0 Å². The van der Waals surface area contributed by atoms with E-state index in [9.17, 15) is 4.79 Å². The molecule has 0 aliphatic rings. The van der Waals surface area contributed by atoms with Gasteiger partial charge in [0, 0.05) is 6.54 Å². The van der Waals surface area contributed by atoms with Crippen LogP contribution in [0.3, 0.4) is 0 Å². The first-order valence-electron chi connectivity index (χ1n) is 6.17. The lowest BCUT2D eigenvalue weighted by molar-refractivity contribution is 0.0956. The number of rotatable bonds is 5. The maximum atomic E-state index is 11.9. The zero-order valence-corrected chi connectivity index (χ0v) is 12.4. The van der Waals surface area contributed by atoms with Crippen LogP contribution in [0.4, 0.5) is 0 Å². The van der Waals surface area contributed by atoms with E-state index in [1.807, 2.05) is 27.1 Å². The summed E-state index contributed by atoms with van der Waals surface area (Å²) in [6.45, 7) is 3.38. The van der Waals surface area contributed by atoms with Crippen LogP contribution in [-0.4, -0.2) is 49.7 Å². The molecule has 0 saturated heterocycles.